The van der Waals surface area contributed by atoms with E-state index in [2.05, 4.69) is 6.07 Å². The Balaban J connectivity index is 2.61. The van der Waals surface area contributed by atoms with Crippen LogP contribution < -0.4 is 9.47 Å². The first-order valence-electron chi connectivity index (χ1n) is 3.62. The van der Waals surface area contributed by atoms with E-state index in [1.807, 2.05) is 0 Å². The molecule has 1 N–H and O–H groups in total. The summed E-state index contributed by atoms with van der Waals surface area (Å²) in [7, 11) is 1.51. The summed E-state index contributed by atoms with van der Waals surface area (Å²) in [6, 6.07) is 7.59. The molecule has 0 aromatic heterocycles. The summed E-state index contributed by atoms with van der Waals surface area (Å²) in [5, 5.41) is 8.34. The van der Waals surface area contributed by atoms with Crippen LogP contribution in [0, 0.1) is 6.07 Å². The second kappa shape index (κ2) is 4.35. The van der Waals surface area contributed by atoms with Crippen molar-refractivity contribution in [3.63, 3.8) is 0 Å². The number of carbonyl (C=O) groups is 1. The Bertz CT molecular complexity index is 295. The molecule has 0 bridgehead atoms. The number of rotatable bonds is 4. The van der Waals surface area contributed by atoms with Crippen molar-refractivity contribution in [2.24, 2.45) is 0 Å². The fraction of sp³-hybridized carbons (Fsp3) is 0.222. The van der Waals surface area contributed by atoms with Gasteiger partial charge in [0.25, 0.3) is 0 Å². The van der Waals surface area contributed by atoms with Gasteiger partial charge >= 0.3 is 5.97 Å². The molecule has 0 aliphatic heterocycles. The Morgan fingerprint density at radius 3 is 3.08 bits per heavy atom. The van der Waals surface area contributed by atoms with Gasteiger partial charge in [0.2, 0.25) is 0 Å². The van der Waals surface area contributed by atoms with Gasteiger partial charge in [-0.2, -0.15) is 0 Å². The Morgan fingerprint density at radius 2 is 2.46 bits per heavy atom. The van der Waals surface area contributed by atoms with Crippen molar-refractivity contribution < 1.29 is 19.4 Å². The first-order valence-corrected chi connectivity index (χ1v) is 3.62. The van der Waals surface area contributed by atoms with Gasteiger partial charge in [0.15, 0.2) is 6.61 Å². The zero-order valence-electron chi connectivity index (χ0n) is 7.11. The van der Waals surface area contributed by atoms with E-state index in [0.717, 1.165) is 0 Å². The summed E-state index contributed by atoms with van der Waals surface area (Å²) in [6.45, 7) is -0.354. The number of ether oxygens (including phenoxy) is 2. The number of aliphatic carboxylic acids is 1. The summed E-state index contributed by atoms with van der Waals surface area (Å²) in [5.74, 6) is -0.0345. The van der Waals surface area contributed by atoms with E-state index in [1.54, 1.807) is 18.2 Å². The fourth-order valence-electron chi connectivity index (χ4n) is 0.778. The standard InChI is InChI=1S/C9H9O4/c1-12-7-3-2-4-8(5-7)13-6-9(10)11/h2,4-5H,6H2,1H3,(H,10,11). The van der Waals surface area contributed by atoms with Gasteiger partial charge in [-0.15, -0.1) is 0 Å². The number of hydrogen-bond donors (Lipinski definition) is 1. The van der Waals surface area contributed by atoms with Crippen molar-refractivity contribution in [2.45, 2.75) is 0 Å². The molecule has 4 heteroatoms. The van der Waals surface area contributed by atoms with E-state index in [9.17, 15) is 4.79 Å². The van der Waals surface area contributed by atoms with E-state index in [4.69, 9.17) is 14.6 Å². The Labute approximate surface area is 75.7 Å². The number of hydrogen-bond acceptors (Lipinski definition) is 3. The van der Waals surface area contributed by atoms with Crippen LogP contribution in [0.15, 0.2) is 18.2 Å². The third-order valence-corrected chi connectivity index (χ3v) is 1.33. The maximum absolute atomic E-state index is 10.2. The minimum absolute atomic E-state index is 0.354. The summed E-state index contributed by atoms with van der Waals surface area (Å²) in [5.41, 5.74) is 0. The molecule has 0 amide bonds. The SMILES string of the molecule is COc1[c]ccc(OCC(=O)O)c1. The molecule has 1 aromatic rings. The van der Waals surface area contributed by atoms with Gasteiger partial charge in [-0.05, 0) is 12.1 Å². The molecular weight excluding hydrogens is 172 g/mol. The van der Waals surface area contributed by atoms with E-state index in [0.29, 0.717) is 11.5 Å². The molecule has 1 radical (unpaired) electrons. The maximum Gasteiger partial charge on any atom is 0.341 e. The molecule has 0 saturated carbocycles. The lowest BCUT2D eigenvalue weighted by atomic mass is 10.3. The molecule has 13 heavy (non-hydrogen) atoms. The monoisotopic (exact) mass is 181 g/mol. The van der Waals surface area contributed by atoms with Gasteiger partial charge in [0.05, 0.1) is 7.11 Å². The second-order valence-corrected chi connectivity index (χ2v) is 2.28. The lowest BCUT2D eigenvalue weighted by Crippen LogP contribution is -2.09. The van der Waals surface area contributed by atoms with Gasteiger partial charge in [-0.25, -0.2) is 4.79 Å². The van der Waals surface area contributed by atoms with Crippen LogP contribution in [-0.4, -0.2) is 24.8 Å². The fourth-order valence-corrected chi connectivity index (χ4v) is 0.778. The lowest BCUT2D eigenvalue weighted by Gasteiger charge is -2.04. The maximum atomic E-state index is 10.2. The molecule has 1 aromatic carbocycles. The van der Waals surface area contributed by atoms with Crippen molar-refractivity contribution >= 4 is 5.97 Å². The van der Waals surface area contributed by atoms with E-state index < -0.39 is 5.97 Å². The predicted molar refractivity (Wildman–Crippen MR) is 45.0 cm³/mol. The second-order valence-electron chi connectivity index (χ2n) is 2.28. The first kappa shape index (κ1) is 9.38. The molecule has 0 saturated heterocycles. The van der Waals surface area contributed by atoms with Crippen molar-refractivity contribution in [1.82, 2.24) is 0 Å². The van der Waals surface area contributed by atoms with E-state index in [1.165, 1.54) is 7.11 Å². The third kappa shape index (κ3) is 3.02. The third-order valence-electron chi connectivity index (χ3n) is 1.33. The molecule has 0 atom stereocenters. The van der Waals surface area contributed by atoms with E-state index >= 15 is 0 Å². The summed E-state index contributed by atoms with van der Waals surface area (Å²) >= 11 is 0. The Kier molecular flexibility index (Phi) is 3.14. The quantitative estimate of drug-likeness (QED) is 0.751. The van der Waals surface area contributed by atoms with Crippen molar-refractivity contribution in [3.05, 3.63) is 24.3 Å². The Hall–Kier alpha value is -1.71. The average molecular weight is 181 g/mol. The van der Waals surface area contributed by atoms with Gasteiger partial charge in [0.1, 0.15) is 11.5 Å². The minimum Gasteiger partial charge on any atom is -0.496 e. The highest BCUT2D eigenvalue weighted by Crippen LogP contribution is 2.17. The number of carboxylic acids is 1. The van der Waals surface area contributed by atoms with E-state index in [-0.39, 0.29) is 6.61 Å². The Morgan fingerprint density at radius 1 is 1.69 bits per heavy atom. The molecule has 0 heterocycles. The smallest absolute Gasteiger partial charge is 0.341 e. The summed E-state index contributed by atoms with van der Waals surface area (Å²) in [6.07, 6.45) is 0. The molecule has 69 valence electrons. The molecule has 0 spiro atoms. The van der Waals surface area contributed by atoms with Crippen LogP contribution in [-0.2, 0) is 4.79 Å². The molecule has 0 aliphatic carbocycles. The van der Waals surface area contributed by atoms with Gasteiger partial charge in [0, 0.05) is 12.1 Å². The first-order chi connectivity index (χ1) is 6.22. The van der Waals surface area contributed by atoms with Crippen LogP contribution in [0.1, 0.15) is 0 Å². The normalized spacial score (nSPS) is 9.31. The van der Waals surface area contributed by atoms with Gasteiger partial charge < -0.3 is 14.6 Å². The molecular formula is C9H9O4. The highest BCUT2D eigenvalue weighted by molar-refractivity contribution is 5.68. The summed E-state index contributed by atoms with van der Waals surface area (Å²) in [4.78, 5) is 10.2. The van der Waals surface area contributed by atoms with Crippen LogP contribution in [0.5, 0.6) is 11.5 Å². The van der Waals surface area contributed by atoms with Gasteiger partial charge in [-0.1, -0.05) is 0 Å². The highest BCUT2D eigenvalue weighted by atomic mass is 16.5. The predicted octanol–water partition coefficient (Wildman–Crippen LogP) is 0.959. The zero-order valence-corrected chi connectivity index (χ0v) is 7.11. The average Bonchev–Trinajstić information content (AvgIpc) is 2.15. The van der Waals surface area contributed by atoms with Crippen LogP contribution in [0.3, 0.4) is 0 Å². The van der Waals surface area contributed by atoms with Crippen LogP contribution in [0.2, 0.25) is 0 Å². The number of benzene rings is 1. The largest absolute Gasteiger partial charge is 0.496 e. The lowest BCUT2D eigenvalue weighted by molar-refractivity contribution is -0.139. The minimum atomic E-state index is -1.01. The van der Waals surface area contributed by atoms with Crippen molar-refractivity contribution in [2.75, 3.05) is 13.7 Å². The topological polar surface area (TPSA) is 55.8 Å². The highest BCUT2D eigenvalue weighted by Gasteiger charge is 1.99. The number of carboxylic acid groups (broad SMARTS) is 1. The number of methoxy groups -OCH3 is 1. The van der Waals surface area contributed by atoms with Crippen molar-refractivity contribution in [1.29, 1.82) is 0 Å². The molecule has 0 unspecified atom stereocenters. The van der Waals surface area contributed by atoms with Crippen LogP contribution >= 0.6 is 0 Å². The molecule has 0 aliphatic rings. The molecule has 4 nitrogen and oxygen atoms in total. The van der Waals surface area contributed by atoms with Crippen LogP contribution in [0.4, 0.5) is 0 Å². The molecule has 1 rings (SSSR count). The van der Waals surface area contributed by atoms with Crippen molar-refractivity contribution in [3.8, 4) is 11.5 Å². The van der Waals surface area contributed by atoms with Gasteiger partial charge in [-0.3, -0.25) is 0 Å². The van der Waals surface area contributed by atoms with Crippen LogP contribution in [0.25, 0.3) is 0 Å². The zero-order chi connectivity index (χ0) is 9.68. The molecule has 0 fully saturated rings. The summed E-state index contributed by atoms with van der Waals surface area (Å²) < 4.78 is 9.79.